The predicted molar refractivity (Wildman–Crippen MR) is 92.0 cm³/mol. The van der Waals surface area contributed by atoms with Crippen molar-refractivity contribution < 1.29 is 9.53 Å². The van der Waals surface area contributed by atoms with Gasteiger partial charge in [-0.3, -0.25) is 4.90 Å². The van der Waals surface area contributed by atoms with E-state index < -0.39 is 5.60 Å². The van der Waals surface area contributed by atoms with E-state index in [1.807, 2.05) is 20.8 Å². The molecule has 2 rings (SSSR count). The van der Waals surface area contributed by atoms with Crippen molar-refractivity contribution in [1.29, 1.82) is 0 Å². The van der Waals surface area contributed by atoms with Gasteiger partial charge in [0, 0.05) is 32.7 Å². The molecule has 0 bridgehead atoms. The van der Waals surface area contributed by atoms with E-state index in [4.69, 9.17) is 27.9 Å². The van der Waals surface area contributed by atoms with Crippen LogP contribution in [-0.4, -0.2) is 52.7 Å². The SMILES string of the molecule is CC(C)(C)OC(=O)N1CCCN(Cc2nc(Cl)ccc2Cl)CC1. The van der Waals surface area contributed by atoms with Crippen LogP contribution >= 0.6 is 23.2 Å². The third-order valence-corrected chi connectivity index (χ3v) is 4.05. The van der Waals surface area contributed by atoms with Crippen molar-refractivity contribution in [3.63, 3.8) is 0 Å². The van der Waals surface area contributed by atoms with E-state index in [0.29, 0.717) is 29.8 Å². The molecule has 1 aliphatic heterocycles. The first-order valence-corrected chi connectivity index (χ1v) is 8.51. The Bertz CT molecular complexity index is 561. The van der Waals surface area contributed by atoms with Crippen molar-refractivity contribution in [2.75, 3.05) is 26.2 Å². The number of halogens is 2. The first-order chi connectivity index (χ1) is 10.7. The quantitative estimate of drug-likeness (QED) is 0.752. The van der Waals surface area contributed by atoms with Gasteiger partial charge in [0.1, 0.15) is 10.8 Å². The second-order valence-corrected chi connectivity index (χ2v) is 7.45. The Hall–Kier alpha value is -1.04. The van der Waals surface area contributed by atoms with Gasteiger partial charge in [0.2, 0.25) is 0 Å². The molecule has 128 valence electrons. The summed E-state index contributed by atoms with van der Waals surface area (Å²) in [6, 6.07) is 3.44. The minimum atomic E-state index is -0.471. The van der Waals surface area contributed by atoms with Gasteiger partial charge in [0.15, 0.2) is 0 Å². The Labute approximate surface area is 147 Å². The highest BCUT2D eigenvalue weighted by Gasteiger charge is 2.24. The average molecular weight is 360 g/mol. The molecule has 23 heavy (non-hydrogen) atoms. The van der Waals surface area contributed by atoms with Crippen LogP contribution in [0.15, 0.2) is 12.1 Å². The molecule has 0 N–H and O–H groups in total. The summed E-state index contributed by atoms with van der Waals surface area (Å²) in [5.41, 5.74) is 0.297. The van der Waals surface area contributed by atoms with Crippen LogP contribution < -0.4 is 0 Å². The van der Waals surface area contributed by atoms with E-state index in [0.717, 1.165) is 25.2 Å². The lowest BCUT2D eigenvalue weighted by Crippen LogP contribution is -2.39. The van der Waals surface area contributed by atoms with E-state index in [9.17, 15) is 4.79 Å². The van der Waals surface area contributed by atoms with E-state index in [1.54, 1.807) is 17.0 Å². The number of carbonyl (C=O) groups is 1. The number of aromatic nitrogens is 1. The van der Waals surface area contributed by atoms with E-state index in [1.165, 1.54) is 0 Å². The summed E-state index contributed by atoms with van der Waals surface area (Å²) >= 11 is 12.1. The van der Waals surface area contributed by atoms with Crippen molar-refractivity contribution in [3.05, 3.63) is 28.0 Å². The van der Waals surface area contributed by atoms with Crippen LogP contribution in [0.1, 0.15) is 32.9 Å². The largest absolute Gasteiger partial charge is 0.444 e. The number of rotatable bonds is 2. The minimum absolute atomic E-state index is 0.252. The van der Waals surface area contributed by atoms with Gasteiger partial charge in [-0.2, -0.15) is 0 Å². The molecular weight excluding hydrogens is 337 g/mol. The Kier molecular flexibility index (Phi) is 6.12. The summed E-state index contributed by atoms with van der Waals surface area (Å²) in [5, 5.41) is 1.05. The van der Waals surface area contributed by atoms with Crippen LogP contribution in [0.2, 0.25) is 10.2 Å². The van der Waals surface area contributed by atoms with Crippen LogP contribution in [0.5, 0.6) is 0 Å². The standard InChI is InChI=1S/C16H23Cl2N3O2/c1-16(2,3)23-15(22)21-8-4-7-20(9-10-21)11-13-12(17)5-6-14(18)19-13/h5-6H,4,7-11H2,1-3H3. The fraction of sp³-hybridized carbons (Fsp3) is 0.625. The molecule has 5 nitrogen and oxygen atoms in total. The van der Waals surface area contributed by atoms with Gasteiger partial charge in [0.25, 0.3) is 0 Å². The summed E-state index contributed by atoms with van der Waals surface area (Å²) in [4.78, 5) is 20.4. The molecule has 1 fully saturated rings. The fourth-order valence-electron chi connectivity index (χ4n) is 2.42. The van der Waals surface area contributed by atoms with Crippen molar-refractivity contribution in [3.8, 4) is 0 Å². The summed E-state index contributed by atoms with van der Waals surface area (Å²) in [5.74, 6) is 0. The number of carbonyl (C=O) groups excluding carboxylic acids is 1. The lowest BCUT2D eigenvalue weighted by Gasteiger charge is -2.26. The van der Waals surface area contributed by atoms with Gasteiger partial charge < -0.3 is 9.64 Å². The highest BCUT2D eigenvalue weighted by molar-refractivity contribution is 6.32. The van der Waals surface area contributed by atoms with Crippen molar-refractivity contribution >= 4 is 29.3 Å². The summed E-state index contributed by atoms with van der Waals surface area (Å²) in [7, 11) is 0. The molecule has 1 aromatic rings. The summed E-state index contributed by atoms with van der Waals surface area (Å²) < 4.78 is 5.44. The van der Waals surface area contributed by atoms with Crippen molar-refractivity contribution in [1.82, 2.24) is 14.8 Å². The Morgan fingerprint density at radius 3 is 2.65 bits per heavy atom. The molecule has 1 saturated heterocycles. The monoisotopic (exact) mass is 359 g/mol. The molecule has 1 aliphatic rings. The highest BCUT2D eigenvalue weighted by Crippen LogP contribution is 2.19. The maximum Gasteiger partial charge on any atom is 0.410 e. The van der Waals surface area contributed by atoms with Crippen LogP contribution in [0.25, 0.3) is 0 Å². The summed E-state index contributed by atoms with van der Waals surface area (Å²) in [6.07, 6.45) is 0.635. The van der Waals surface area contributed by atoms with Gasteiger partial charge in [-0.15, -0.1) is 0 Å². The summed E-state index contributed by atoms with van der Waals surface area (Å²) in [6.45, 7) is 9.22. The molecule has 0 aliphatic carbocycles. The highest BCUT2D eigenvalue weighted by atomic mass is 35.5. The van der Waals surface area contributed by atoms with Gasteiger partial charge in [-0.25, -0.2) is 9.78 Å². The van der Waals surface area contributed by atoms with Gasteiger partial charge in [-0.05, 0) is 39.3 Å². The number of amides is 1. The second-order valence-electron chi connectivity index (χ2n) is 6.66. The zero-order chi connectivity index (χ0) is 17.0. The first-order valence-electron chi connectivity index (χ1n) is 7.76. The topological polar surface area (TPSA) is 45.7 Å². The maximum absolute atomic E-state index is 12.2. The second kappa shape index (κ2) is 7.69. The maximum atomic E-state index is 12.2. The number of nitrogens with zero attached hydrogens (tertiary/aromatic N) is 3. The Morgan fingerprint density at radius 1 is 1.22 bits per heavy atom. The normalized spacial score (nSPS) is 17.0. The number of hydrogen-bond acceptors (Lipinski definition) is 4. The number of pyridine rings is 1. The zero-order valence-corrected chi connectivity index (χ0v) is 15.3. The number of hydrogen-bond donors (Lipinski definition) is 0. The van der Waals surface area contributed by atoms with Crippen molar-refractivity contribution in [2.24, 2.45) is 0 Å². The van der Waals surface area contributed by atoms with Crippen LogP contribution in [0.4, 0.5) is 4.79 Å². The van der Waals surface area contributed by atoms with E-state index in [-0.39, 0.29) is 6.09 Å². The molecular formula is C16H23Cl2N3O2. The lowest BCUT2D eigenvalue weighted by molar-refractivity contribution is 0.0257. The smallest absolute Gasteiger partial charge is 0.410 e. The van der Waals surface area contributed by atoms with Crippen LogP contribution in [0, 0.1) is 0 Å². The van der Waals surface area contributed by atoms with Crippen LogP contribution in [-0.2, 0) is 11.3 Å². The molecule has 1 amide bonds. The Morgan fingerprint density at radius 2 is 1.96 bits per heavy atom. The third-order valence-electron chi connectivity index (χ3n) is 3.50. The van der Waals surface area contributed by atoms with Gasteiger partial charge >= 0.3 is 6.09 Å². The zero-order valence-electron chi connectivity index (χ0n) is 13.8. The fourth-order valence-corrected chi connectivity index (χ4v) is 2.75. The number of ether oxygens (including phenoxy) is 1. The predicted octanol–water partition coefficient (Wildman–Crippen LogP) is 3.83. The lowest BCUT2D eigenvalue weighted by atomic mass is 10.2. The molecule has 7 heteroatoms. The minimum Gasteiger partial charge on any atom is -0.444 e. The van der Waals surface area contributed by atoms with Gasteiger partial charge in [0.05, 0.1) is 10.7 Å². The molecule has 0 unspecified atom stereocenters. The molecule has 0 radical (unpaired) electrons. The van der Waals surface area contributed by atoms with Crippen molar-refractivity contribution in [2.45, 2.75) is 39.3 Å². The first kappa shape index (κ1) is 18.3. The molecule has 1 aromatic heterocycles. The molecule has 2 heterocycles. The van der Waals surface area contributed by atoms with E-state index >= 15 is 0 Å². The molecule has 0 saturated carbocycles. The molecule has 0 aromatic carbocycles. The van der Waals surface area contributed by atoms with Gasteiger partial charge in [-0.1, -0.05) is 23.2 Å². The molecule has 0 atom stereocenters. The third kappa shape index (κ3) is 5.83. The Balaban J connectivity index is 1.93. The van der Waals surface area contributed by atoms with E-state index in [2.05, 4.69) is 9.88 Å². The van der Waals surface area contributed by atoms with Crippen LogP contribution in [0.3, 0.4) is 0 Å². The average Bonchev–Trinajstić information content (AvgIpc) is 2.67. The molecule has 0 spiro atoms.